The summed E-state index contributed by atoms with van der Waals surface area (Å²) in [6.45, 7) is 2.34. The number of unbranched alkanes of at least 4 members (excludes halogenated alkanes) is 1. The van der Waals surface area contributed by atoms with Crippen LogP contribution in [-0.4, -0.2) is 27.5 Å². The van der Waals surface area contributed by atoms with Gasteiger partial charge in [0.2, 0.25) is 0 Å². The standard InChI is InChI=1S/C19H21N5O3/c1-3-4-11-24-16(20)15(17(25)22-19(24)27)23(2)18(26)14-10-9-12-7-5-6-8-13(12)21-14/h5-10H,3-4,11,20H2,1-2H3,(H,22,25,27). The number of carbonyl (C=O) groups excluding carboxylic acids is 1. The van der Waals surface area contributed by atoms with Gasteiger partial charge in [0.15, 0.2) is 5.69 Å². The molecule has 0 aliphatic carbocycles. The van der Waals surface area contributed by atoms with Crippen LogP contribution in [0.4, 0.5) is 11.5 Å². The quantitative estimate of drug-likeness (QED) is 0.713. The van der Waals surface area contributed by atoms with Gasteiger partial charge in [0.25, 0.3) is 11.5 Å². The molecule has 2 heterocycles. The van der Waals surface area contributed by atoms with E-state index in [-0.39, 0.29) is 17.2 Å². The zero-order valence-corrected chi connectivity index (χ0v) is 15.2. The Balaban J connectivity index is 2.03. The van der Waals surface area contributed by atoms with Crippen LogP contribution in [0.15, 0.2) is 46.0 Å². The van der Waals surface area contributed by atoms with E-state index in [1.54, 1.807) is 18.2 Å². The minimum atomic E-state index is -0.707. The number of para-hydroxylation sites is 1. The number of hydrogen-bond donors (Lipinski definition) is 2. The number of aromatic amines is 1. The van der Waals surface area contributed by atoms with Gasteiger partial charge in [-0.05, 0) is 18.6 Å². The van der Waals surface area contributed by atoms with E-state index < -0.39 is 17.2 Å². The third-order valence-electron chi connectivity index (χ3n) is 4.41. The lowest BCUT2D eigenvalue weighted by atomic mass is 10.2. The third kappa shape index (κ3) is 3.46. The molecule has 3 aromatic rings. The van der Waals surface area contributed by atoms with E-state index in [2.05, 4.69) is 9.97 Å². The smallest absolute Gasteiger partial charge is 0.330 e. The van der Waals surface area contributed by atoms with Crippen molar-refractivity contribution in [2.45, 2.75) is 26.3 Å². The number of anilines is 2. The monoisotopic (exact) mass is 367 g/mol. The van der Waals surface area contributed by atoms with Gasteiger partial charge in [-0.25, -0.2) is 9.78 Å². The highest BCUT2D eigenvalue weighted by molar-refractivity contribution is 6.06. The van der Waals surface area contributed by atoms with Crippen molar-refractivity contribution in [3.05, 3.63) is 62.9 Å². The fourth-order valence-corrected chi connectivity index (χ4v) is 2.90. The Labute approximate surface area is 155 Å². The van der Waals surface area contributed by atoms with E-state index in [4.69, 9.17) is 5.73 Å². The summed E-state index contributed by atoms with van der Waals surface area (Å²) < 4.78 is 1.28. The summed E-state index contributed by atoms with van der Waals surface area (Å²) in [6, 6.07) is 10.8. The first kappa shape index (κ1) is 18.4. The second-order valence-corrected chi connectivity index (χ2v) is 6.25. The number of H-pyrrole nitrogens is 1. The lowest BCUT2D eigenvalue weighted by molar-refractivity contribution is 0.0988. The zero-order chi connectivity index (χ0) is 19.6. The number of nitrogens with zero attached hydrogens (tertiary/aromatic N) is 3. The van der Waals surface area contributed by atoms with Crippen LogP contribution in [0.1, 0.15) is 30.3 Å². The molecule has 27 heavy (non-hydrogen) atoms. The summed E-state index contributed by atoms with van der Waals surface area (Å²) in [6.07, 6.45) is 1.58. The summed E-state index contributed by atoms with van der Waals surface area (Å²) in [7, 11) is 1.44. The third-order valence-corrected chi connectivity index (χ3v) is 4.41. The molecule has 0 radical (unpaired) electrons. The number of pyridine rings is 1. The molecule has 0 bridgehead atoms. The number of rotatable bonds is 5. The number of hydrogen-bond acceptors (Lipinski definition) is 5. The Hall–Kier alpha value is -3.42. The molecule has 0 fully saturated rings. The molecule has 8 nitrogen and oxygen atoms in total. The maximum Gasteiger partial charge on any atom is 0.330 e. The van der Waals surface area contributed by atoms with Crippen molar-refractivity contribution in [3.8, 4) is 0 Å². The molecular weight excluding hydrogens is 346 g/mol. The van der Waals surface area contributed by atoms with E-state index in [0.29, 0.717) is 12.1 Å². The van der Waals surface area contributed by atoms with E-state index >= 15 is 0 Å². The molecule has 0 aliphatic rings. The average molecular weight is 367 g/mol. The first-order valence-corrected chi connectivity index (χ1v) is 8.70. The topological polar surface area (TPSA) is 114 Å². The van der Waals surface area contributed by atoms with Crippen LogP contribution in [0.3, 0.4) is 0 Å². The summed E-state index contributed by atoms with van der Waals surface area (Å²) in [5.74, 6) is -0.521. The Bertz CT molecular complexity index is 1120. The van der Waals surface area contributed by atoms with Crippen LogP contribution in [0, 0.1) is 0 Å². The average Bonchev–Trinajstić information content (AvgIpc) is 2.66. The largest absolute Gasteiger partial charge is 0.383 e. The van der Waals surface area contributed by atoms with E-state index in [1.807, 2.05) is 25.1 Å². The molecule has 0 atom stereocenters. The van der Waals surface area contributed by atoms with Crippen LogP contribution >= 0.6 is 0 Å². The summed E-state index contributed by atoms with van der Waals surface area (Å²) in [5, 5.41) is 0.905. The molecule has 0 aliphatic heterocycles. The molecular formula is C19H21N5O3. The first-order chi connectivity index (χ1) is 12.9. The van der Waals surface area contributed by atoms with Gasteiger partial charge in [0.1, 0.15) is 11.5 Å². The molecule has 0 spiro atoms. The number of nitrogen functional groups attached to an aromatic ring is 1. The Kier molecular flexibility index (Phi) is 5.07. The predicted octanol–water partition coefficient (Wildman–Crippen LogP) is 1.74. The maximum atomic E-state index is 12.9. The van der Waals surface area contributed by atoms with Crippen molar-refractivity contribution in [1.82, 2.24) is 14.5 Å². The van der Waals surface area contributed by atoms with Crippen molar-refractivity contribution < 1.29 is 4.79 Å². The minimum Gasteiger partial charge on any atom is -0.383 e. The van der Waals surface area contributed by atoms with Crippen LogP contribution in [0.25, 0.3) is 10.9 Å². The Morgan fingerprint density at radius 1 is 1.22 bits per heavy atom. The van der Waals surface area contributed by atoms with Gasteiger partial charge in [-0.2, -0.15) is 0 Å². The van der Waals surface area contributed by atoms with Gasteiger partial charge in [-0.15, -0.1) is 0 Å². The van der Waals surface area contributed by atoms with Crippen LogP contribution in [-0.2, 0) is 6.54 Å². The number of nitrogens with two attached hydrogens (primary N) is 1. The SMILES string of the molecule is CCCCn1c(N)c(N(C)C(=O)c2ccc3ccccc3n2)c(=O)[nH]c1=O. The number of fused-ring (bicyclic) bond motifs is 1. The normalized spacial score (nSPS) is 10.9. The molecule has 1 aromatic carbocycles. The Morgan fingerprint density at radius 3 is 2.70 bits per heavy atom. The van der Waals surface area contributed by atoms with E-state index in [9.17, 15) is 14.4 Å². The highest BCUT2D eigenvalue weighted by Gasteiger charge is 2.22. The van der Waals surface area contributed by atoms with Gasteiger partial charge in [0.05, 0.1) is 5.52 Å². The zero-order valence-electron chi connectivity index (χ0n) is 15.2. The van der Waals surface area contributed by atoms with E-state index in [0.717, 1.165) is 23.1 Å². The van der Waals surface area contributed by atoms with Crippen LogP contribution in [0.5, 0.6) is 0 Å². The van der Waals surface area contributed by atoms with Crippen molar-refractivity contribution >= 4 is 28.3 Å². The summed E-state index contributed by atoms with van der Waals surface area (Å²) in [5.41, 5.74) is 5.56. The van der Waals surface area contributed by atoms with Crippen LogP contribution in [0.2, 0.25) is 0 Å². The van der Waals surface area contributed by atoms with Crippen LogP contribution < -0.4 is 21.9 Å². The number of nitrogens with one attached hydrogen (secondary N) is 1. The highest BCUT2D eigenvalue weighted by atomic mass is 16.2. The van der Waals surface area contributed by atoms with Gasteiger partial charge < -0.3 is 10.6 Å². The molecule has 0 unspecified atom stereocenters. The molecule has 2 aromatic heterocycles. The number of amides is 1. The van der Waals surface area contributed by atoms with E-state index in [1.165, 1.54) is 11.6 Å². The van der Waals surface area contributed by atoms with Crippen molar-refractivity contribution in [2.75, 3.05) is 17.7 Å². The summed E-state index contributed by atoms with van der Waals surface area (Å²) >= 11 is 0. The van der Waals surface area contributed by atoms with Crippen molar-refractivity contribution in [2.24, 2.45) is 0 Å². The van der Waals surface area contributed by atoms with Crippen molar-refractivity contribution in [3.63, 3.8) is 0 Å². The second kappa shape index (κ2) is 7.45. The molecule has 0 saturated carbocycles. The second-order valence-electron chi connectivity index (χ2n) is 6.25. The number of benzene rings is 1. The maximum absolute atomic E-state index is 12.9. The fourth-order valence-electron chi connectivity index (χ4n) is 2.90. The molecule has 1 amide bonds. The lowest BCUT2D eigenvalue weighted by Crippen LogP contribution is -2.39. The van der Waals surface area contributed by atoms with Crippen molar-refractivity contribution in [1.29, 1.82) is 0 Å². The molecule has 0 saturated heterocycles. The highest BCUT2D eigenvalue weighted by Crippen LogP contribution is 2.19. The lowest BCUT2D eigenvalue weighted by Gasteiger charge is -2.20. The van der Waals surface area contributed by atoms with Gasteiger partial charge in [0, 0.05) is 19.0 Å². The number of carbonyl (C=O) groups is 1. The molecule has 3 N–H and O–H groups in total. The molecule has 8 heteroatoms. The summed E-state index contributed by atoms with van der Waals surface area (Å²) in [4.78, 5) is 44.9. The molecule has 140 valence electrons. The van der Waals surface area contributed by atoms with Gasteiger partial charge in [-0.1, -0.05) is 37.6 Å². The first-order valence-electron chi connectivity index (χ1n) is 8.70. The Morgan fingerprint density at radius 2 is 1.96 bits per heavy atom. The van der Waals surface area contributed by atoms with Gasteiger partial charge in [-0.3, -0.25) is 19.1 Å². The van der Waals surface area contributed by atoms with Gasteiger partial charge >= 0.3 is 5.69 Å². The minimum absolute atomic E-state index is 0.0335. The predicted molar refractivity (Wildman–Crippen MR) is 105 cm³/mol. The fraction of sp³-hybridized carbons (Fsp3) is 0.263. The molecule has 3 rings (SSSR count). The number of aromatic nitrogens is 3.